The van der Waals surface area contributed by atoms with Gasteiger partial charge in [-0.05, 0) is 24.6 Å². The second kappa shape index (κ2) is 6.29. The minimum atomic E-state index is 0.288. The van der Waals surface area contributed by atoms with Crippen molar-refractivity contribution in [3.8, 4) is 6.07 Å². The highest BCUT2D eigenvalue weighted by atomic mass is 32.1. The van der Waals surface area contributed by atoms with Gasteiger partial charge in [-0.3, -0.25) is 0 Å². The van der Waals surface area contributed by atoms with Gasteiger partial charge in [0.25, 0.3) is 0 Å². The molecule has 0 amide bonds. The number of benzene rings is 1. The van der Waals surface area contributed by atoms with Gasteiger partial charge in [0.1, 0.15) is 0 Å². The Balaban J connectivity index is 1.83. The van der Waals surface area contributed by atoms with E-state index in [1.165, 1.54) is 5.56 Å². The first-order valence-corrected chi connectivity index (χ1v) is 6.84. The number of hydrogen-bond acceptors (Lipinski definition) is 4. The van der Waals surface area contributed by atoms with Crippen LogP contribution in [0.5, 0.6) is 0 Å². The summed E-state index contributed by atoms with van der Waals surface area (Å²) in [5, 5.41) is 14.3. The molecule has 0 saturated heterocycles. The van der Waals surface area contributed by atoms with Gasteiger partial charge in [0.05, 0.1) is 22.8 Å². The molecule has 0 bridgehead atoms. The molecule has 2 aromatic rings. The molecule has 4 heteroatoms. The minimum Gasteiger partial charge on any atom is -0.310 e. The van der Waals surface area contributed by atoms with Crippen molar-refractivity contribution in [3.05, 3.63) is 52.0 Å². The molecule has 18 heavy (non-hydrogen) atoms. The lowest BCUT2D eigenvalue weighted by Crippen LogP contribution is -2.21. The normalized spacial score (nSPS) is 12.0. The number of thiazole rings is 1. The molecular formula is C14H15N3S. The van der Waals surface area contributed by atoms with E-state index < -0.39 is 0 Å². The average molecular weight is 257 g/mol. The molecule has 0 aliphatic rings. The average Bonchev–Trinajstić information content (AvgIpc) is 2.92. The number of rotatable bonds is 5. The molecule has 0 fully saturated rings. The molecule has 1 aromatic heterocycles. The van der Waals surface area contributed by atoms with Crippen LogP contribution in [0.3, 0.4) is 0 Å². The van der Waals surface area contributed by atoms with Crippen molar-refractivity contribution in [2.75, 3.05) is 6.54 Å². The fourth-order valence-electron chi connectivity index (χ4n) is 1.74. The van der Waals surface area contributed by atoms with Gasteiger partial charge in [0.2, 0.25) is 0 Å². The highest BCUT2D eigenvalue weighted by molar-refractivity contribution is 7.07. The molecule has 0 radical (unpaired) electrons. The molecule has 92 valence electrons. The second-order valence-electron chi connectivity index (χ2n) is 4.14. The molecule has 1 aromatic carbocycles. The maximum absolute atomic E-state index is 8.74. The van der Waals surface area contributed by atoms with E-state index in [4.69, 9.17) is 5.26 Å². The van der Waals surface area contributed by atoms with Crippen LogP contribution in [0.15, 0.2) is 35.2 Å². The van der Waals surface area contributed by atoms with Gasteiger partial charge >= 0.3 is 0 Å². The summed E-state index contributed by atoms with van der Waals surface area (Å²) in [6.45, 7) is 3.04. The molecule has 1 N–H and O–H groups in total. The summed E-state index contributed by atoms with van der Waals surface area (Å²) < 4.78 is 0. The van der Waals surface area contributed by atoms with Crippen LogP contribution in [0.25, 0.3) is 0 Å². The van der Waals surface area contributed by atoms with E-state index in [0.717, 1.165) is 18.7 Å². The Bertz CT molecular complexity index is 511. The van der Waals surface area contributed by atoms with Crippen LogP contribution in [0.4, 0.5) is 0 Å². The highest BCUT2D eigenvalue weighted by Gasteiger charge is 2.04. The van der Waals surface area contributed by atoms with Crippen molar-refractivity contribution in [2.45, 2.75) is 19.4 Å². The van der Waals surface area contributed by atoms with Crippen LogP contribution >= 0.6 is 11.3 Å². The van der Waals surface area contributed by atoms with E-state index in [-0.39, 0.29) is 6.04 Å². The zero-order valence-electron chi connectivity index (χ0n) is 10.3. The number of nitrogens with one attached hydrogen (secondary N) is 1. The fraction of sp³-hybridized carbons (Fsp3) is 0.286. The van der Waals surface area contributed by atoms with Crippen LogP contribution in [-0.2, 0) is 6.42 Å². The summed E-state index contributed by atoms with van der Waals surface area (Å²) in [4.78, 5) is 4.25. The molecule has 1 heterocycles. The maximum atomic E-state index is 8.74. The predicted molar refractivity (Wildman–Crippen MR) is 73.4 cm³/mol. The van der Waals surface area contributed by atoms with E-state index in [2.05, 4.69) is 28.7 Å². The van der Waals surface area contributed by atoms with Gasteiger partial charge in [-0.25, -0.2) is 4.98 Å². The van der Waals surface area contributed by atoms with Crippen LogP contribution in [0.1, 0.15) is 29.8 Å². The van der Waals surface area contributed by atoms with Crippen LogP contribution in [0, 0.1) is 11.3 Å². The first-order chi connectivity index (χ1) is 8.79. The lowest BCUT2D eigenvalue weighted by Gasteiger charge is -2.13. The summed E-state index contributed by atoms with van der Waals surface area (Å²) in [5.41, 5.74) is 4.90. The van der Waals surface area contributed by atoms with Gasteiger partial charge in [-0.1, -0.05) is 12.1 Å². The molecule has 0 spiro atoms. The molecule has 0 aliphatic carbocycles. The largest absolute Gasteiger partial charge is 0.310 e. The third-order valence-corrected chi connectivity index (χ3v) is 3.49. The quantitative estimate of drug-likeness (QED) is 0.896. The van der Waals surface area contributed by atoms with Crippen molar-refractivity contribution in [3.63, 3.8) is 0 Å². The Kier molecular flexibility index (Phi) is 4.46. The Morgan fingerprint density at radius 2 is 2.17 bits per heavy atom. The predicted octanol–water partition coefficient (Wildman–Crippen LogP) is 2.91. The van der Waals surface area contributed by atoms with E-state index in [0.29, 0.717) is 5.56 Å². The SMILES string of the molecule is CC(NCCc1cscn1)c1ccc(C#N)cc1. The second-order valence-corrected chi connectivity index (χ2v) is 4.86. The van der Waals surface area contributed by atoms with Gasteiger partial charge in [0.15, 0.2) is 0 Å². The third kappa shape index (κ3) is 3.39. The van der Waals surface area contributed by atoms with E-state index >= 15 is 0 Å². The van der Waals surface area contributed by atoms with E-state index in [1.54, 1.807) is 11.3 Å². The summed E-state index contributed by atoms with van der Waals surface area (Å²) in [5.74, 6) is 0. The smallest absolute Gasteiger partial charge is 0.0991 e. The topological polar surface area (TPSA) is 48.7 Å². The Hall–Kier alpha value is -1.70. The molecule has 0 aliphatic heterocycles. The first kappa shape index (κ1) is 12.7. The summed E-state index contributed by atoms with van der Waals surface area (Å²) in [6, 6.07) is 10.1. The van der Waals surface area contributed by atoms with Crippen LogP contribution in [0.2, 0.25) is 0 Å². The zero-order chi connectivity index (χ0) is 12.8. The number of hydrogen-bond donors (Lipinski definition) is 1. The maximum Gasteiger partial charge on any atom is 0.0991 e. The van der Waals surface area contributed by atoms with Gasteiger partial charge in [0, 0.05) is 24.4 Å². The lowest BCUT2D eigenvalue weighted by molar-refractivity contribution is 0.574. The fourth-order valence-corrected chi connectivity index (χ4v) is 2.33. The summed E-state index contributed by atoms with van der Waals surface area (Å²) >= 11 is 1.63. The zero-order valence-corrected chi connectivity index (χ0v) is 11.1. The minimum absolute atomic E-state index is 0.288. The molecular weight excluding hydrogens is 242 g/mol. The van der Waals surface area contributed by atoms with E-state index in [9.17, 15) is 0 Å². The Morgan fingerprint density at radius 3 is 2.78 bits per heavy atom. The van der Waals surface area contributed by atoms with Crippen molar-refractivity contribution in [1.29, 1.82) is 5.26 Å². The van der Waals surface area contributed by atoms with Gasteiger partial charge < -0.3 is 5.32 Å². The highest BCUT2D eigenvalue weighted by Crippen LogP contribution is 2.13. The van der Waals surface area contributed by atoms with Crippen molar-refractivity contribution < 1.29 is 0 Å². The van der Waals surface area contributed by atoms with Crippen LogP contribution in [-0.4, -0.2) is 11.5 Å². The summed E-state index contributed by atoms with van der Waals surface area (Å²) in [7, 11) is 0. The Morgan fingerprint density at radius 1 is 1.39 bits per heavy atom. The van der Waals surface area contributed by atoms with Gasteiger partial charge in [-0.15, -0.1) is 11.3 Å². The van der Waals surface area contributed by atoms with E-state index in [1.807, 2.05) is 29.8 Å². The number of nitrogens with zero attached hydrogens (tertiary/aromatic N) is 2. The standard InChI is InChI=1S/C14H15N3S/c1-11(13-4-2-12(8-15)3-5-13)16-7-6-14-9-18-10-17-14/h2-5,9-11,16H,6-7H2,1H3. The van der Waals surface area contributed by atoms with Gasteiger partial charge in [-0.2, -0.15) is 5.26 Å². The van der Waals surface area contributed by atoms with Crippen molar-refractivity contribution in [2.24, 2.45) is 0 Å². The van der Waals surface area contributed by atoms with Crippen LogP contribution < -0.4 is 5.32 Å². The number of aromatic nitrogens is 1. The lowest BCUT2D eigenvalue weighted by atomic mass is 10.1. The third-order valence-electron chi connectivity index (χ3n) is 2.85. The molecule has 1 atom stereocenters. The van der Waals surface area contributed by atoms with Crippen molar-refractivity contribution in [1.82, 2.24) is 10.3 Å². The number of nitriles is 1. The molecule has 3 nitrogen and oxygen atoms in total. The molecule has 2 rings (SSSR count). The molecule has 1 unspecified atom stereocenters. The first-order valence-electron chi connectivity index (χ1n) is 5.90. The molecule has 0 saturated carbocycles. The monoisotopic (exact) mass is 257 g/mol. The Labute approximate surface area is 111 Å². The van der Waals surface area contributed by atoms with Crippen molar-refractivity contribution >= 4 is 11.3 Å². The summed E-state index contributed by atoms with van der Waals surface area (Å²) in [6.07, 6.45) is 0.949.